The van der Waals surface area contributed by atoms with E-state index in [4.69, 9.17) is 0 Å². The zero-order chi connectivity index (χ0) is 15.8. The summed E-state index contributed by atoms with van der Waals surface area (Å²) in [5.41, 5.74) is 4.57. The fourth-order valence-corrected chi connectivity index (χ4v) is 2.66. The van der Waals surface area contributed by atoms with E-state index in [2.05, 4.69) is 18.8 Å². The summed E-state index contributed by atoms with van der Waals surface area (Å²) >= 11 is 0. The maximum Gasteiger partial charge on any atom is 0.168 e. The van der Waals surface area contributed by atoms with E-state index in [0.29, 0.717) is 18.4 Å². The molecule has 0 saturated heterocycles. The summed E-state index contributed by atoms with van der Waals surface area (Å²) in [6.07, 6.45) is 2.49. The first-order valence-corrected chi connectivity index (χ1v) is 7.27. The highest BCUT2D eigenvalue weighted by molar-refractivity contribution is 6.14. The number of ketones is 1. The van der Waals surface area contributed by atoms with E-state index < -0.39 is 0 Å². The summed E-state index contributed by atoms with van der Waals surface area (Å²) in [5, 5.41) is 10.1. The average molecular weight is 285 g/mol. The molecule has 0 heterocycles. The molecule has 1 N–H and O–H groups in total. The Morgan fingerprint density at radius 1 is 1.14 bits per heavy atom. The van der Waals surface area contributed by atoms with Gasteiger partial charge in [-0.1, -0.05) is 19.9 Å². The van der Waals surface area contributed by atoms with Crippen molar-refractivity contribution in [1.82, 2.24) is 0 Å². The van der Waals surface area contributed by atoms with Crippen LogP contribution < -0.4 is 0 Å². The van der Waals surface area contributed by atoms with Gasteiger partial charge in [-0.05, 0) is 48.9 Å². The molecule has 0 aromatic heterocycles. The Kier molecular flexibility index (Phi) is 4.04. The van der Waals surface area contributed by atoms with Crippen molar-refractivity contribution >= 4 is 17.7 Å². The van der Waals surface area contributed by atoms with Crippen molar-refractivity contribution in [3.63, 3.8) is 0 Å². The Morgan fingerprint density at radius 2 is 1.81 bits per heavy atom. The highest BCUT2D eigenvalue weighted by Crippen LogP contribution is 2.35. The maximum atomic E-state index is 12.1. The van der Waals surface area contributed by atoms with Crippen LogP contribution in [0, 0.1) is 26.2 Å². The van der Waals surface area contributed by atoms with Crippen LogP contribution in [0.3, 0.4) is 0 Å². The lowest BCUT2D eigenvalue weighted by Gasteiger charge is -2.28. The second-order valence-electron chi connectivity index (χ2n) is 6.71. The van der Waals surface area contributed by atoms with E-state index in [9.17, 15) is 9.90 Å². The van der Waals surface area contributed by atoms with Gasteiger partial charge in [-0.2, -0.15) is 0 Å². The number of Topliss-reactive ketones (excluding diaryl/α,β-unsaturated/α-hetero) is 1. The smallest absolute Gasteiger partial charge is 0.168 e. The zero-order valence-corrected chi connectivity index (χ0v) is 13.4. The minimum Gasteiger partial charge on any atom is -0.511 e. The highest BCUT2D eigenvalue weighted by Gasteiger charge is 2.32. The summed E-state index contributed by atoms with van der Waals surface area (Å²) in [6.45, 7) is 10.1. The van der Waals surface area contributed by atoms with Crippen LogP contribution in [0.1, 0.15) is 43.4 Å². The summed E-state index contributed by atoms with van der Waals surface area (Å²) in [5.74, 6) is 0.121. The van der Waals surface area contributed by atoms with E-state index >= 15 is 0 Å². The number of benzene rings is 1. The van der Waals surface area contributed by atoms with Crippen molar-refractivity contribution in [1.29, 1.82) is 0 Å². The third-order valence-electron chi connectivity index (χ3n) is 4.26. The van der Waals surface area contributed by atoms with Crippen molar-refractivity contribution in [2.45, 2.75) is 47.5 Å². The van der Waals surface area contributed by atoms with Crippen LogP contribution in [-0.2, 0) is 4.79 Å². The molecule has 0 atom stereocenters. The van der Waals surface area contributed by atoms with Gasteiger partial charge >= 0.3 is 0 Å². The number of rotatable bonds is 2. The third kappa shape index (κ3) is 3.23. The van der Waals surface area contributed by atoms with Gasteiger partial charge in [0.25, 0.3) is 0 Å². The number of hydrogen-bond acceptors (Lipinski definition) is 3. The SMILES string of the molecule is Cc1ccc(N=CC2=C(O)CC(C)(C)CC2=O)c(C)c1C. The van der Waals surface area contributed by atoms with Gasteiger partial charge in [0.05, 0.1) is 11.3 Å². The second-order valence-corrected chi connectivity index (χ2v) is 6.71. The van der Waals surface area contributed by atoms with Gasteiger partial charge < -0.3 is 5.11 Å². The monoisotopic (exact) mass is 285 g/mol. The Bertz CT molecular complexity index is 651. The van der Waals surface area contributed by atoms with E-state index in [1.807, 2.05) is 32.9 Å². The maximum absolute atomic E-state index is 12.1. The lowest BCUT2D eigenvalue weighted by atomic mass is 9.77. The summed E-state index contributed by atoms with van der Waals surface area (Å²) in [4.78, 5) is 16.6. The predicted molar refractivity (Wildman–Crippen MR) is 86.5 cm³/mol. The van der Waals surface area contributed by atoms with Gasteiger partial charge in [-0.25, -0.2) is 0 Å². The molecule has 0 bridgehead atoms. The molecule has 2 rings (SSSR count). The number of aliphatic imine (C=N–C) groups is 1. The highest BCUT2D eigenvalue weighted by atomic mass is 16.3. The van der Waals surface area contributed by atoms with Crippen molar-refractivity contribution in [3.05, 3.63) is 40.2 Å². The van der Waals surface area contributed by atoms with E-state index in [1.165, 1.54) is 17.3 Å². The van der Waals surface area contributed by atoms with Gasteiger partial charge in [-0.3, -0.25) is 9.79 Å². The minimum absolute atomic E-state index is 0.0333. The van der Waals surface area contributed by atoms with E-state index in [0.717, 1.165) is 11.3 Å². The number of allylic oxidation sites excluding steroid dienone is 2. The fraction of sp³-hybridized carbons (Fsp3) is 0.444. The largest absolute Gasteiger partial charge is 0.511 e. The third-order valence-corrected chi connectivity index (χ3v) is 4.26. The Morgan fingerprint density at radius 3 is 2.43 bits per heavy atom. The first-order chi connectivity index (χ1) is 9.71. The number of aryl methyl sites for hydroxylation is 1. The molecular weight excluding hydrogens is 262 g/mol. The number of carbonyl (C=O) groups excluding carboxylic acids is 1. The molecule has 0 saturated carbocycles. The molecule has 3 heteroatoms. The zero-order valence-electron chi connectivity index (χ0n) is 13.4. The lowest BCUT2D eigenvalue weighted by Crippen LogP contribution is -2.26. The summed E-state index contributed by atoms with van der Waals surface area (Å²) < 4.78 is 0. The first kappa shape index (κ1) is 15.5. The Balaban J connectivity index is 2.34. The fourth-order valence-electron chi connectivity index (χ4n) is 2.66. The number of hydrogen-bond donors (Lipinski definition) is 1. The molecule has 0 aliphatic heterocycles. The molecule has 0 radical (unpaired) electrons. The molecule has 1 aromatic rings. The molecule has 1 aromatic carbocycles. The van der Waals surface area contributed by atoms with Crippen LogP contribution in [0.25, 0.3) is 0 Å². The number of nitrogens with zero attached hydrogens (tertiary/aromatic N) is 1. The van der Waals surface area contributed by atoms with Crippen molar-refractivity contribution in [2.75, 3.05) is 0 Å². The molecule has 0 amide bonds. The predicted octanol–water partition coefficient (Wildman–Crippen LogP) is 4.52. The van der Waals surface area contributed by atoms with Gasteiger partial charge in [0, 0.05) is 19.1 Å². The molecule has 1 aliphatic rings. The topological polar surface area (TPSA) is 49.7 Å². The van der Waals surface area contributed by atoms with Crippen LogP contribution >= 0.6 is 0 Å². The van der Waals surface area contributed by atoms with Crippen molar-refractivity contribution in [3.8, 4) is 0 Å². The van der Waals surface area contributed by atoms with Gasteiger partial charge in [0.15, 0.2) is 5.78 Å². The van der Waals surface area contributed by atoms with E-state index in [-0.39, 0.29) is 17.0 Å². The molecule has 21 heavy (non-hydrogen) atoms. The van der Waals surface area contributed by atoms with E-state index in [1.54, 1.807) is 0 Å². The quantitative estimate of drug-likeness (QED) is 0.812. The normalized spacial score (nSPS) is 18.6. The van der Waals surface area contributed by atoms with Gasteiger partial charge in [-0.15, -0.1) is 0 Å². The lowest BCUT2D eigenvalue weighted by molar-refractivity contribution is -0.117. The van der Waals surface area contributed by atoms with Crippen LogP contribution in [0.15, 0.2) is 28.5 Å². The van der Waals surface area contributed by atoms with Crippen LogP contribution in [0.4, 0.5) is 5.69 Å². The van der Waals surface area contributed by atoms with Gasteiger partial charge in [0.2, 0.25) is 0 Å². The van der Waals surface area contributed by atoms with Crippen LogP contribution in [0.2, 0.25) is 0 Å². The number of carbonyl (C=O) groups is 1. The summed E-state index contributed by atoms with van der Waals surface area (Å²) in [7, 11) is 0. The number of aliphatic hydroxyl groups excluding tert-OH is 1. The molecule has 0 unspecified atom stereocenters. The molecule has 0 fully saturated rings. The van der Waals surface area contributed by atoms with Crippen LogP contribution in [-0.4, -0.2) is 17.1 Å². The standard InChI is InChI=1S/C18H23NO2/c1-11-6-7-15(13(3)12(11)2)19-10-14-16(20)8-18(4,5)9-17(14)21/h6-7,10,20H,8-9H2,1-5H3. The van der Waals surface area contributed by atoms with Gasteiger partial charge in [0.1, 0.15) is 5.76 Å². The molecule has 0 spiro atoms. The van der Waals surface area contributed by atoms with Crippen LogP contribution in [0.5, 0.6) is 0 Å². The molecule has 3 nitrogen and oxygen atoms in total. The Labute approximate surface area is 126 Å². The first-order valence-electron chi connectivity index (χ1n) is 7.27. The van der Waals surface area contributed by atoms with Crippen molar-refractivity contribution < 1.29 is 9.90 Å². The minimum atomic E-state index is -0.172. The molecule has 112 valence electrons. The number of aliphatic hydroxyl groups is 1. The second kappa shape index (κ2) is 5.47. The molecular formula is C18H23NO2. The average Bonchev–Trinajstić information content (AvgIpc) is 2.36. The Hall–Kier alpha value is -1.90. The van der Waals surface area contributed by atoms with Crippen molar-refractivity contribution in [2.24, 2.45) is 10.4 Å². The molecule has 1 aliphatic carbocycles. The summed E-state index contributed by atoms with van der Waals surface area (Å²) in [6, 6.07) is 3.97.